The number of nitrogens with zero attached hydrogens (tertiary/aromatic N) is 2. The summed E-state index contributed by atoms with van der Waals surface area (Å²) in [5, 5.41) is 14.5. The molecule has 8 nitrogen and oxygen atoms in total. The molecule has 0 fully saturated rings. The predicted molar refractivity (Wildman–Crippen MR) is 116 cm³/mol. The molecule has 0 saturated heterocycles. The van der Waals surface area contributed by atoms with Crippen molar-refractivity contribution in [2.45, 2.75) is 4.90 Å². The van der Waals surface area contributed by atoms with E-state index in [0.717, 1.165) is 0 Å². The molecule has 0 spiro atoms. The maximum Gasteiger partial charge on any atom is 0.263 e. The third-order valence-electron chi connectivity index (χ3n) is 4.29. The molecular weight excluding hydrogens is 440 g/mol. The average Bonchev–Trinajstić information content (AvgIpc) is 2.74. The highest BCUT2D eigenvalue weighted by Crippen LogP contribution is 2.27. The highest BCUT2D eigenvalue weighted by molar-refractivity contribution is 7.92. The van der Waals surface area contributed by atoms with Crippen molar-refractivity contribution in [1.29, 1.82) is 0 Å². The minimum Gasteiger partial charge on any atom is -0.545 e. The van der Waals surface area contributed by atoms with Crippen LogP contribution in [0.4, 0.5) is 17.3 Å². The molecule has 0 aliphatic heterocycles. The van der Waals surface area contributed by atoms with E-state index in [1.54, 1.807) is 30.3 Å². The van der Waals surface area contributed by atoms with Crippen molar-refractivity contribution in [3.8, 4) is 0 Å². The van der Waals surface area contributed by atoms with Gasteiger partial charge in [-0.1, -0.05) is 35.9 Å². The Labute approximate surface area is 182 Å². The predicted octanol–water partition coefficient (Wildman–Crippen LogP) is 3.19. The summed E-state index contributed by atoms with van der Waals surface area (Å²) in [6.07, 6.45) is 0. The van der Waals surface area contributed by atoms with E-state index < -0.39 is 16.0 Å². The number of aromatic nitrogens is 2. The summed E-state index contributed by atoms with van der Waals surface area (Å²) in [6, 6.07) is 18.5. The lowest BCUT2D eigenvalue weighted by Gasteiger charge is -2.14. The number of aromatic carboxylic acids is 1. The normalized spacial score (nSPS) is 11.3. The first-order valence-electron chi connectivity index (χ1n) is 8.95. The van der Waals surface area contributed by atoms with Gasteiger partial charge < -0.3 is 15.2 Å². The minimum absolute atomic E-state index is 0.00300. The fourth-order valence-corrected chi connectivity index (χ4v) is 3.95. The molecule has 0 atom stereocenters. The number of rotatable bonds is 6. The first-order valence-corrected chi connectivity index (χ1v) is 10.8. The Kier molecular flexibility index (Phi) is 5.45. The van der Waals surface area contributed by atoms with Crippen LogP contribution in [0.15, 0.2) is 77.7 Å². The van der Waals surface area contributed by atoms with Crippen molar-refractivity contribution < 1.29 is 18.3 Å². The Bertz CT molecular complexity index is 1390. The number of halogens is 1. The number of benzene rings is 3. The number of carboxylic acids is 1. The summed E-state index contributed by atoms with van der Waals surface area (Å²) >= 11 is 5.84. The van der Waals surface area contributed by atoms with E-state index >= 15 is 0 Å². The third kappa shape index (κ3) is 4.57. The molecule has 0 radical (unpaired) electrons. The number of anilines is 3. The zero-order valence-corrected chi connectivity index (χ0v) is 17.3. The Hall–Kier alpha value is -3.69. The van der Waals surface area contributed by atoms with E-state index in [0.29, 0.717) is 21.7 Å². The molecule has 0 amide bonds. The molecule has 4 aromatic rings. The SMILES string of the molecule is O=C([O-])c1cccc(Nc2nc3ccccc3nc2NS(=O)(=O)c2ccc(Cl)cc2)c1. The van der Waals surface area contributed by atoms with E-state index in [1.165, 1.54) is 42.5 Å². The molecule has 10 heteroatoms. The van der Waals surface area contributed by atoms with Gasteiger partial charge in [0.1, 0.15) is 0 Å². The molecule has 1 heterocycles. The Morgan fingerprint density at radius 3 is 2.16 bits per heavy atom. The van der Waals surface area contributed by atoms with Gasteiger partial charge in [-0.05, 0) is 54.1 Å². The first-order chi connectivity index (χ1) is 14.8. The molecular formula is C21H14ClN4O4S-. The molecule has 4 rings (SSSR count). The second-order valence-electron chi connectivity index (χ2n) is 6.46. The van der Waals surface area contributed by atoms with E-state index in [2.05, 4.69) is 20.0 Å². The second kappa shape index (κ2) is 8.21. The Balaban J connectivity index is 1.77. The monoisotopic (exact) mass is 453 g/mol. The van der Waals surface area contributed by atoms with Crippen molar-refractivity contribution in [3.63, 3.8) is 0 Å². The molecule has 0 aliphatic carbocycles. The lowest BCUT2D eigenvalue weighted by atomic mass is 10.2. The average molecular weight is 454 g/mol. The van der Waals surface area contributed by atoms with Crippen molar-refractivity contribution in [3.05, 3.63) is 83.4 Å². The second-order valence-corrected chi connectivity index (χ2v) is 8.58. The van der Waals surface area contributed by atoms with Crippen LogP contribution >= 0.6 is 11.6 Å². The number of carbonyl (C=O) groups excluding carboxylic acids is 1. The maximum atomic E-state index is 12.9. The molecule has 0 aliphatic rings. The van der Waals surface area contributed by atoms with Gasteiger partial charge in [-0.15, -0.1) is 0 Å². The minimum atomic E-state index is -3.99. The van der Waals surface area contributed by atoms with Crippen molar-refractivity contribution in [1.82, 2.24) is 9.97 Å². The Morgan fingerprint density at radius 2 is 1.52 bits per heavy atom. The molecule has 3 aromatic carbocycles. The topological polar surface area (TPSA) is 124 Å². The summed E-state index contributed by atoms with van der Waals surface area (Å²) in [5.41, 5.74) is 1.33. The van der Waals surface area contributed by atoms with E-state index in [-0.39, 0.29) is 22.1 Å². The number of sulfonamides is 1. The number of para-hydroxylation sites is 2. The number of nitrogens with one attached hydrogen (secondary N) is 2. The van der Waals surface area contributed by atoms with Crippen LogP contribution in [0.2, 0.25) is 5.02 Å². The number of carboxylic acid groups (broad SMARTS) is 1. The van der Waals surface area contributed by atoms with Crippen LogP contribution in [0.1, 0.15) is 10.4 Å². The lowest BCUT2D eigenvalue weighted by Crippen LogP contribution is -2.22. The summed E-state index contributed by atoms with van der Waals surface area (Å²) in [4.78, 5) is 20.0. The van der Waals surface area contributed by atoms with Gasteiger partial charge in [-0.3, -0.25) is 4.72 Å². The Morgan fingerprint density at radius 1 is 0.871 bits per heavy atom. The number of fused-ring (bicyclic) bond motifs is 1. The summed E-state index contributed by atoms with van der Waals surface area (Å²) in [6.45, 7) is 0. The van der Waals surface area contributed by atoms with Crippen LogP contribution in [0.5, 0.6) is 0 Å². The quantitative estimate of drug-likeness (QED) is 0.459. The van der Waals surface area contributed by atoms with Gasteiger partial charge in [0.25, 0.3) is 10.0 Å². The highest BCUT2D eigenvalue weighted by Gasteiger charge is 2.19. The van der Waals surface area contributed by atoms with Gasteiger partial charge in [0, 0.05) is 10.7 Å². The standard InChI is InChI=1S/C21H15ClN4O4S/c22-14-8-10-16(11-9-14)31(29,30)26-20-19(24-17-6-1-2-7-18(17)25-20)23-15-5-3-4-13(12-15)21(27)28/h1-12H,(H,23,24)(H,25,26)(H,27,28)/p-1. The fourth-order valence-electron chi connectivity index (χ4n) is 2.82. The van der Waals surface area contributed by atoms with Gasteiger partial charge in [0.2, 0.25) is 0 Å². The molecule has 0 unspecified atom stereocenters. The van der Waals surface area contributed by atoms with Gasteiger partial charge in [0.05, 0.1) is 21.9 Å². The van der Waals surface area contributed by atoms with Crippen molar-refractivity contribution in [2.24, 2.45) is 0 Å². The highest BCUT2D eigenvalue weighted by atomic mass is 35.5. The number of carbonyl (C=O) groups is 1. The van der Waals surface area contributed by atoms with Gasteiger partial charge in [0.15, 0.2) is 11.6 Å². The zero-order chi connectivity index (χ0) is 22.0. The summed E-state index contributed by atoms with van der Waals surface area (Å²) < 4.78 is 28.2. The van der Waals surface area contributed by atoms with E-state index in [4.69, 9.17) is 11.6 Å². The largest absolute Gasteiger partial charge is 0.545 e. The van der Waals surface area contributed by atoms with Crippen LogP contribution < -0.4 is 15.1 Å². The molecule has 2 N–H and O–H groups in total. The molecule has 0 saturated carbocycles. The summed E-state index contributed by atoms with van der Waals surface area (Å²) in [5.74, 6) is -1.28. The van der Waals surface area contributed by atoms with Gasteiger partial charge >= 0.3 is 0 Å². The third-order valence-corrected chi connectivity index (χ3v) is 5.89. The molecule has 1 aromatic heterocycles. The zero-order valence-electron chi connectivity index (χ0n) is 15.7. The van der Waals surface area contributed by atoms with E-state index in [9.17, 15) is 18.3 Å². The summed E-state index contributed by atoms with van der Waals surface area (Å²) in [7, 11) is -3.99. The maximum absolute atomic E-state index is 12.9. The molecule has 0 bridgehead atoms. The first kappa shape index (κ1) is 20.6. The lowest BCUT2D eigenvalue weighted by molar-refractivity contribution is -0.255. The van der Waals surface area contributed by atoms with Gasteiger partial charge in [-0.2, -0.15) is 0 Å². The molecule has 156 valence electrons. The smallest absolute Gasteiger partial charge is 0.263 e. The fraction of sp³-hybridized carbons (Fsp3) is 0. The van der Waals surface area contributed by atoms with Crippen molar-refractivity contribution in [2.75, 3.05) is 10.0 Å². The van der Waals surface area contributed by atoms with Crippen LogP contribution in [-0.2, 0) is 10.0 Å². The number of hydrogen-bond acceptors (Lipinski definition) is 7. The van der Waals surface area contributed by atoms with Crippen LogP contribution in [0, 0.1) is 0 Å². The van der Waals surface area contributed by atoms with Gasteiger partial charge in [-0.25, -0.2) is 18.4 Å². The van der Waals surface area contributed by atoms with Crippen LogP contribution in [-0.4, -0.2) is 24.4 Å². The van der Waals surface area contributed by atoms with Crippen LogP contribution in [0.25, 0.3) is 11.0 Å². The number of hydrogen-bond donors (Lipinski definition) is 2. The van der Waals surface area contributed by atoms with E-state index in [1.807, 2.05) is 0 Å². The van der Waals surface area contributed by atoms with Crippen molar-refractivity contribution >= 4 is 56.0 Å². The van der Waals surface area contributed by atoms with Crippen LogP contribution in [0.3, 0.4) is 0 Å². The molecule has 31 heavy (non-hydrogen) atoms.